The van der Waals surface area contributed by atoms with Crippen molar-refractivity contribution in [3.63, 3.8) is 0 Å². The Labute approximate surface area is 199 Å². The smallest absolute Gasteiger partial charge is 0.243 e. The van der Waals surface area contributed by atoms with Crippen molar-refractivity contribution in [2.75, 3.05) is 4.90 Å². The van der Waals surface area contributed by atoms with Gasteiger partial charge in [-0.25, -0.2) is 4.90 Å². The molecule has 1 aromatic heterocycles. The highest BCUT2D eigenvalue weighted by atomic mass is 35.5. The molecule has 2 aromatic carbocycles. The molecule has 3 aliphatic rings. The van der Waals surface area contributed by atoms with E-state index in [0.29, 0.717) is 27.5 Å². The highest BCUT2D eigenvalue weighted by Crippen LogP contribution is 2.48. The fourth-order valence-electron chi connectivity index (χ4n) is 4.98. The topological polar surface area (TPSA) is 99.9 Å². The molecule has 7 nitrogen and oxygen atoms in total. The molecule has 3 heterocycles. The zero-order valence-corrected chi connectivity index (χ0v) is 18.3. The van der Waals surface area contributed by atoms with Gasteiger partial charge in [0.15, 0.2) is 5.78 Å². The number of ketones is 1. The van der Waals surface area contributed by atoms with E-state index in [1.807, 2.05) is 0 Å². The van der Waals surface area contributed by atoms with Gasteiger partial charge in [-0.15, -0.1) is 0 Å². The second-order valence-corrected chi connectivity index (χ2v) is 8.74. The Morgan fingerprint density at radius 3 is 2.24 bits per heavy atom. The van der Waals surface area contributed by atoms with Crippen LogP contribution in [0, 0.1) is 11.8 Å². The maximum atomic E-state index is 13.7. The van der Waals surface area contributed by atoms with Crippen LogP contribution in [0.4, 0.5) is 5.69 Å². The quantitative estimate of drug-likeness (QED) is 0.579. The number of carbonyl (C=O) groups is 3. The van der Waals surface area contributed by atoms with Gasteiger partial charge < -0.3 is 5.11 Å². The summed E-state index contributed by atoms with van der Waals surface area (Å²) >= 11 is 5.99. The molecule has 0 radical (unpaired) electrons. The van der Waals surface area contributed by atoms with Gasteiger partial charge in [-0.05, 0) is 36.4 Å². The van der Waals surface area contributed by atoms with Gasteiger partial charge in [-0.1, -0.05) is 41.9 Å². The fraction of sp³-hybridized carbons (Fsp3) is 0.115. The maximum Gasteiger partial charge on any atom is 0.243 e. The lowest BCUT2D eigenvalue weighted by molar-refractivity contribution is -0.122. The number of aliphatic hydroxyl groups is 1. The van der Waals surface area contributed by atoms with Gasteiger partial charge in [0.1, 0.15) is 11.8 Å². The van der Waals surface area contributed by atoms with Crippen molar-refractivity contribution in [1.82, 2.24) is 4.98 Å². The number of benzene rings is 2. The van der Waals surface area contributed by atoms with Crippen LogP contribution >= 0.6 is 11.6 Å². The number of allylic oxidation sites excluding steroid dienone is 1. The van der Waals surface area contributed by atoms with E-state index in [0.717, 1.165) is 4.90 Å². The van der Waals surface area contributed by atoms with Crippen molar-refractivity contribution >= 4 is 46.4 Å². The van der Waals surface area contributed by atoms with Gasteiger partial charge in [0, 0.05) is 22.3 Å². The van der Waals surface area contributed by atoms with E-state index in [-0.39, 0.29) is 17.0 Å². The molecule has 2 amide bonds. The summed E-state index contributed by atoms with van der Waals surface area (Å²) in [5.41, 5.74) is 1.70. The summed E-state index contributed by atoms with van der Waals surface area (Å²) in [6, 6.07) is 17.5. The number of halogens is 1. The molecule has 34 heavy (non-hydrogen) atoms. The number of anilines is 1. The van der Waals surface area contributed by atoms with E-state index in [9.17, 15) is 19.5 Å². The first kappa shape index (κ1) is 20.5. The van der Waals surface area contributed by atoms with Crippen molar-refractivity contribution in [1.29, 1.82) is 0 Å². The van der Waals surface area contributed by atoms with Crippen LogP contribution in [0.15, 0.2) is 83.5 Å². The molecule has 0 spiro atoms. The molecule has 1 N–H and O–H groups in total. The van der Waals surface area contributed by atoms with Crippen LogP contribution in [0.25, 0.3) is 5.76 Å². The number of hydrogen-bond donors (Lipinski definition) is 1. The Hall–Kier alpha value is -4.10. The average Bonchev–Trinajstić information content (AvgIpc) is 3.45. The third-order valence-electron chi connectivity index (χ3n) is 6.49. The largest absolute Gasteiger partial charge is 0.506 e. The number of pyridine rings is 1. The lowest BCUT2D eigenvalue weighted by atomic mass is 9.84. The number of imide groups is 1. The molecule has 1 aliphatic carbocycles. The first-order valence-electron chi connectivity index (χ1n) is 10.7. The molecular formula is C26H16ClN3O4. The highest BCUT2D eigenvalue weighted by molar-refractivity contribution is 6.42. The summed E-state index contributed by atoms with van der Waals surface area (Å²) in [6.45, 7) is 0. The first-order chi connectivity index (χ1) is 16.5. The minimum atomic E-state index is -1.02. The van der Waals surface area contributed by atoms with Crippen molar-refractivity contribution in [3.8, 4) is 0 Å². The summed E-state index contributed by atoms with van der Waals surface area (Å²) in [7, 11) is 0. The number of rotatable bonds is 3. The summed E-state index contributed by atoms with van der Waals surface area (Å²) in [4.78, 5) is 50.7. The Kier molecular flexibility index (Phi) is 4.50. The lowest BCUT2D eigenvalue weighted by Gasteiger charge is -2.18. The van der Waals surface area contributed by atoms with Crippen molar-refractivity contribution in [2.45, 2.75) is 6.04 Å². The Balaban J connectivity index is 1.51. The van der Waals surface area contributed by atoms with E-state index in [2.05, 4.69) is 9.98 Å². The zero-order chi connectivity index (χ0) is 23.6. The molecule has 0 bridgehead atoms. The van der Waals surface area contributed by atoms with Crippen LogP contribution in [0.3, 0.4) is 0 Å². The highest BCUT2D eigenvalue weighted by Gasteiger charge is 2.59. The van der Waals surface area contributed by atoms with Gasteiger partial charge in [0.2, 0.25) is 11.8 Å². The molecule has 6 rings (SSSR count). The van der Waals surface area contributed by atoms with Crippen LogP contribution in [0.5, 0.6) is 0 Å². The molecule has 1 saturated heterocycles. The molecule has 0 unspecified atom stereocenters. The number of aliphatic hydroxyl groups excluding tert-OH is 1. The molecule has 2 aliphatic heterocycles. The Morgan fingerprint density at radius 1 is 0.853 bits per heavy atom. The normalized spacial score (nSPS) is 23.4. The summed E-state index contributed by atoms with van der Waals surface area (Å²) in [5.74, 6) is -3.49. The van der Waals surface area contributed by atoms with Gasteiger partial charge in [-0.3, -0.25) is 24.4 Å². The minimum Gasteiger partial charge on any atom is -0.506 e. The van der Waals surface area contributed by atoms with E-state index in [1.54, 1.807) is 72.9 Å². The van der Waals surface area contributed by atoms with Crippen molar-refractivity contribution in [2.24, 2.45) is 16.8 Å². The number of nitrogens with zero attached hydrogens (tertiary/aromatic N) is 3. The Morgan fingerprint density at radius 2 is 1.56 bits per heavy atom. The molecule has 3 atom stereocenters. The third kappa shape index (κ3) is 2.80. The van der Waals surface area contributed by atoms with E-state index < -0.39 is 35.5 Å². The molecule has 166 valence electrons. The minimum absolute atomic E-state index is 0.0336. The monoisotopic (exact) mass is 469 g/mol. The second kappa shape index (κ2) is 7.46. The van der Waals surface area contributed by atoms with Crippen molar-refractivity contribution < 1.29 is 19.5 Å². The van der Waals surface area contributed by atoms with Crippen LogP contribution in [-0.4, -0.2) is 33.4 Å². The first-order valence-corrected chi connectivity index (χ1v) is 11.0. The van der Waals surface area contributed by atoms with Gasteiger partial charge in [0.05, 0.1) is 34.5 Å². The van der Waals surface area contributed by atoms with E-state index in [1.165, 1.54) is 0 Å². The molecule has 8 heteroatoms. The van der Waals surface area contributed by atoms with Gasteiger partial charge in [0.25, 0.3) is 0 Å². The van der Waals surface area contributed by atoms with Crippen LogP contribution in [0.1, 0.15) is 27.7 Å². The lowest BCUT2D eigenvalue weighted by Crippen LogP contribution is -2.33. The number of fused-ring (bicyclic) bond motifs is 2. The number of Topliss-reactive ketones (excluding diaryl/α,β-unsaturated/α-hetero) is 1. The molecule has 1 fully saturated rings. The SMILES string of the molecule is O=C1C(C2=N[C@H](c3ccccn3)[C@@H]3C(=O)N(c4ccc(Cl)cc4)C(=O)[C@H]23)=C(O)c2ccccc21. The van der Waals surface area contributed by atoms with E-state index >= 15 is 0 Å². The zero-order valence-electron chi connectivity index (χ0n) is 17.6. The predicted molar refractivity (Wildman–Crippen MR) is 126 cm³/mol. The summed E-state index contributed by atoms with van der Waals surface area (Å²) < 4.78 is 0. The maximum absolute atomic E-state index is 13.7. The number of amides is 2. The van der Waals surface area contributed by atoms with Gasteiger partial charge in [-0.2, -0.15) is 0 Å². The van der Waals surface area contributed by atoms with Crippen LogP contribution in [-0.2, 0) is 9.59 Å². The van der Waals surface area contributed by atoms with Crippen LogP contribution < -0.4 is 4.90 Å². The summed E-state index contributed by atoms with van der Waals surface area (Å²) in [6.07, 6.45) is 1.59. The van der Waals surface area contributed by atoms with E-state index in [4.69, 9.17) is 11.6 Å². The van der Waals surface area contributed by atoms with Gasteiger partial charge >= 0.3 is 0 Å². The molecular weight excluding hydrogens is 454 g/mol. The number of aromatic nitrogens is 1. The fourth-order valence-corrected chi connectivity index (χ4v) is 5.10. The number of aliphatic imine (C=N–C) groups is 1. The standard InChI is InChI=1S/C26H16ClN3O4/c27-13-8-10-14(11-9-13)30-25(33)18-19(26(30)34)22(29-21(18)17-7-3-4-12-28-17)20-23(31)15-5-1-2-6-16(15)24(20)32/h1-12,18-19,21,31H/t18-,19+,21-/m1/s1. The van der Waals surface area contributed by atoms with Crippen LogP contribution in [0.2, 0.25) is 5.02 Å². The molecule has 3 aromatic rings. The number of carbonyl (C=O) groups excluding carboxylic acids is 3. The second-order valence-electron chi connectivity index (χ2n) is 8.30. The number of hydrogen-bond acceptors (Lipinski definition) is 6. The Bertz CT molecular complexity index is 1450. The molecule has 0 saturated carbocycles. The average molecular weight is 470 g/mol. The third-order valence-corrected chi connectivity index (χ3v) is 6.74. The summed E-state index contributed by atoms with van der Waals surface area (Å²) in [5, 5.41) is 11.4. The predicted octanol–water partition coefficient (Wildman–Crippen LogP) is 4.20. The van der Waals surface area contributed by atoms with Crippen molar-refractivity contribution in [3.05, 3.63) is 100 Å².